The molecule has 0 aliphatic carbocycles. The zero-order valence-corrected chi connectivity index (χ0v) is 18.2. The van der Waals surface area contributed by atoms with E-state index in [1.54, 1.807) is 30.3 Å². The summed E-state index contributed by atoms with van der Waals surface area (Å²) in [6, 6.07) is 9.71. The number of aliphatic hydroxyl groups excluding tert-OH is 1. The number of nitrogens with zero attached hydrogens (tertiary/aromatic N) is 1. The minimum atomic E-state index is -0.814. The van der Waals surface area contributed by atoms with E-state index in [1.807, 2.05) is 13.0 Å². The quantitative estimate of drug-likeness (QED) is 0.420. The minimum absolute atomic E-state index is 0.00770. The molecule has 2 aromatic carbocycles. The lowest BCUT2D eigenvalue weighted by atomic mass is 9.94. The Morgan fingerprint density at radius 3 is 2.56 bits per heavy atom. The summed E-state index contributed by atoms with van der Waals surface area (Å²) in [5.74, 6) is -0.230. The molecule has 8 heteroatoms. The summed E-state index contributed by atoms with van der Waals surface area (Å²) in [6.07, 6.45) is 0. The second kappa shape index (κ2) is 8.92. The van der Waals surface area contributed by atoms with E-state index >= 15 is 0 Å². The van der Waals surface area contributed by atoms with Crippen molar-refractivity contribution >= 4 is 17.4 Å². The number of amides is 1. The number of fused-ring (bicyclic) bond motifs is 1. The number of carbonyl (C=O) groups is 2. The summed E-state index contributed by atoms with van der Waals surface area (Å²) in [7, 11) is 3.00. The summed E-state index contributed by atoms with van der Waals surface area (Å²) >= 11 is 0. The summed E-state index contributed by atoms with van der Waals surface area (Å²) in [5, 5.41) is 11.3. The van der Waals surface area contributed by atoms with Crippen LogP contribution in [0.1, 0.15) is 22.7 Å². The van der Waals surface area contributed by atoms with E-state index in [0.29, 0.717) is 41.6 Å². The summed E-state index contributed by atoms with van der Waals surface area (Å²) in [4.78, 5) is 27.5. The Bertz CT molecular complexity index is 1090. The highest BCUT2D eigenvalue weighted by Crippen LogP contribution is 2.43. The van der Waals surface area contributed by atoms with Gasteiger partial charge in [0.25, 0.3) is 11.7 Å². The predicted molar refractivity (Wildman–Crippen MR) is 116 cm³/mol. The second-order valence-corrected chi connectivity index (χ2v) is 7.59. The van der Waals surface area contributed by atoms with Crippen LogP contribution in [0.25, 0.3) is 5.76 Å². The maximum Gasteiger partial charge on any atom is 0.295 e. The second-order valence-electron chi connectivity index (χ2n) is 7.59. The molecule has 8 nitrogen and oxygen atoms in total. The van der Waals surface area contributed by atoms with E-state index in [-0.39, 0.29) is 24.5 Å². The van der Waals surface area contributed by atoms with Gasteiger partial charge < -0.3 is 29.0 Å². The van der Waals surface area contributed by atoms with Crippen molar-refractivity contribution in [3.63, 3.8) is 0 Å². The molecule has 1 unspecified atom stereocenters. The average molecular weight is 439 g/mol. The minimum Gasteiger partial charge on any atom is -0.507 e. The predicted octanol–water partition coefficient (Wildman–Crippen LogP) is 2.84. The molecule has 4 rings (SSSR count). The summed E-state index contributed by atoms with van der Waals surface area (Å²) in [5.41, 5.74) is 1.83. The molecular weight excluding hydrogens is 414 g/mol. The number of likely N-dealkylation sites (tertiary alicyclic amines) is 1. The fourth-order valence-corrected chi connectivity index (χ4v) is 4.03. The summed E-state index contributed by atoms with van der Waals surface area (Å²) < 4.78 is 21.8. The van der Waals surface area contributed by atoms with Gasteiger partial charge in [-0.15, -0.1) is 0 Å². The Morgan fingerprint density at radius 2 is 1.84 bits per heavy atom. The van der Waals surface area contributed by atoms with Gasteiger partial charge >= 0.3 is 0 Å². The molecule has 2 aromatic rings. The molecule has 1 N–H and O–H groups in total. The van der Waals surface area contributed by atoms with Crippen LogP contribution in [0.4, 0.5) is 0 Å². The van der Waals surface area contributed by atoms with Crippen LogP contribution < -0.4 is 14.2 Å². The van der Waals surface area contributed by atoms with E-state index in [1.165, 1.54) is 19.1 Å². The van der Waals surface area contributed by atoms with Gasteiger partial charge in [0, 0.05) is 13.7 Å². The molecule has 0 aromatic heterocycles. The molecule has 1 atom stereocenters. The third-order valence-electron chi connectivity index (χ3n) is 5.57. The highest BCUT2D eigenvalue weighted by atomic mass is 16.6. The van der Waals surface area contributed by atoms with Gasteiger partial charge in [0.1, 0.15) is 24.7 Å². The van der Waals surface area contributed by atoms with Gasteiger partial charge in [-0.1, -0.05) is 17.7 Å². The highest BCUT2D eigenvalue weighted by molar-refractivity contribution is 6.46. The van der Waals surface area contributed by atoms with Crippen molar-refractivity contribution in [1.82, 2.24) is 4.90 Å². The van der Waals surface area contributed by atoms with Gasteiger partial charge in [0.15, 0.2) is 11.5 Å². The first-order chi connectivity index (χ1) is 15.5. The number of ether oxygens (including phenoxy) is 4. The van der Waals surface area contributed by atoms with Crippen LogP contribution in [0.5, 0.6) is 17.2 Å². The normalized spacial score (nSPS) is 19.3. The fourth-order valence-electron chi connectivity index (χ4n) is 4.03. The topological polar surface area (TPSA) is 94.5 Å². The first-order valence-corrected chi connectivity index (χ1v) is 10.3. The van der Waals surface area contributed by atoms with Crippen LogP contribution >= 0.6 is 0 Å². The molecule has 0 saturated carbocycles. The van der Waals surface area contributed by atoms with Crippen molar-refractivity contribution in [1.29, 1.82) is 0 Å². The van der Waals surface area contributed by atoms with E-state index in [2.05, 4.69) is 0 Å². The van der Waals surface area contributed by atoms with Crippen molar-refractivity contribution < 1.29 is 33.6 Å². The maximum atomic E-state index is 13.1. The Kier molecular flexibility index (Phi) is 6.05. The van der Waals surface area contributed by atoms with E-state index < -0.39 is 17.7 Å². The molecule has 1 saturated heterocycles. The number of benzene rings is 2. The van der Waals surface area contributed by atoms with Crippen LogP contribution in [0.2, 0.25) is 0 Å². The Morgan fingerprint density at radius 1 is 1.09 bits per heavy atom. The largest absolute Gasteiger partial charge is 0.507 e. The van der Waals surface area contributed by atoms with Crippen LogP contribution in [-0.2, 0) is 14.3 Å². The molecule has 2 aliphatic heterocycles. The van der Waals surface area contributed by atoms with Crippen LogP contribution in [0.3, 0.4) is 0 Å². The monoisotopic (exact) mass is 439 g/mol. The van der Waals surface area contributed by atoms with E-state index in [0.717, 1.165) is 5.56 Å². The van der Waals surface area contributed by atoms with Gasteiger partial charge in [-0.25, -0.2) is 0 Å². The lowest BCUT2D eigenvalue weighted by molar-refractivity contribution is -0.140. The maximum absolute atomic E-state index is 13.1. The SMILES string of the molecule is COCCN1C(=O)C(=O)/C(=C(/O)c2cc(C)ccc2OC)C1c1ccc2c(c1)OCCO2. The van der Waals surface area contributed by atoms with Gasteiger partial charge in [-0.3, -0.25) is 9.59 Å². The lowest BCUT2D eigenvalue weighted by Gasteiger charge is -2.26. The number of ketones is 1. The van der Waals surface area contributed by atoms with Crippen molar-refractivity contribution in [3.8, 4) is 17.2 Å². The van der Waals surface area contributed by atoms with Gasteiger partial charge in [-0.2, -0.15) is 0 Å². The first kappa shape index (κ1) is 21.7. The Balaban J connectivity index is 1.89. The van der Waals surface area contributed by atoms with E-state index in [9.17, 15) is 14.7 Å². The van der Waals surface area contributed by atoms with Gasteiger partial charge in [0.2, 0.25) is 0 Å². The standard InChI is InChI=1S/C24H25NO7/c1-14-4-6-17(30-3)16(12-14)22(26)20-21(25(8-9-29-2)24(28)23(20)27)15-5-7-18-19(13-15)32-11-10-31-18/h4-7,12-13,21,26H,8-11H2,1-3H3/b22-20+. The number of rotatable bonds is 6. The smallest absolute Gasteiger partial charge is 0.295 e. The fraction of sp³-hybridized carbons (Fsp3) is 0.333. The number of hydrogen-bond donors (Lipinski definition) is 1. The van der Waals surface area contributed by atoms with Crippen molar-refractivity contribution in [2.24, 2.45) is 0 Å². The van der Waals surface area contributed by atoms with Crippen LogP contribution in [0.15, 0.2) is 42.0 Å². The molecule has 32 heavy (non-hydrogen) atoms. The number of aliphatic hydroxyl groups is 1. The molecule has 1 fully saturated rings. The van der Waals surface area contributed by atoms with E-state index in [4.69, 9.17) is 18.9 Å². The zero-order valence-electron chi connectivity index (χ0n) is 18.2. The van der Waals surface area contributed by atoms with Crippen LogP contribution in [-0.4, -0.2) is 62.3 Å². The van der Waals surface area contributed by atoms with Crippen molar-refractivity contribution in [2.45, 2.75) is 13.0 Å². The van der Waals surface area contributed by atoms with Crippen molar-refractivity contribution in [2.75, 3.05) is 40.6 Å². The number of hydrogen-bond acceptors (Lipinski definition) is 7. The third kappa shape index (κ3) is 3.78. The molecule has 0 radical (unpaired) electrons. The molecule has 2 aliphatic rings. The Hall–Kier alpha value is -3.52. The summed E-state index contributed by atoms with van der Waals surface area (Å²) in [6.45, 7) is 3.14. The molecular formula is C24H25NO7. The number of aryl methyl sites for hydroxylation is 1. The molecule has 0 spiro atoms. The number of methoxy groups -OCH3 is 2. The van der Waals surface area contributed by atoms with Gasteiger partial charge in [-0.05, 0) is 36.8 Å². The zero-order chi connectivity index (χ0) is 22.8. The molecule has 168 valence electrons. The average Bonchev–Trinajstić information content (AvgIpc) is 3.06. The molecule has 0 bridgehead atoms. The molecule has 2 heterocycles. The lowest BCUT2D eigenvalue weighted by Crippen LogP contribution is -2.32. The number of carbonyl (C=O) groups excluding carboxylic acids is 2. The first-order valence-electron chi connectivity index (χ1n) is 10.3. The van der Waals surface area contributed by atoms with Crippen molar-refractivity contribution in [3.05, 3.63) is 58.7 Å². The highest BCUT2D eigenvalue weighted by Gasteiger charge is 2.46. The van der Waals surface area contributed by atoms with Gasteiger partial charge in [0.05, 0.1) is 30.9 Å². The molecule has 1 amide bonds. The van der Waals surface area contributed by atoms with Crippen LogP contribution in [0, 0.1) is 6.92 Å². The number of Topliss-reactive ketones (excluding diaryl/α,β-unsaturated/α-hetero) is 1. The third-order valence-corrected chi connectivity index (χ3v) is 5.57. The Labute approximate surface area is 185 Å².